The summed E-state index contributed by atoms with van der Waals surface area (Å²) in [4.78, 5) is 0. The molecule has 0 fully saturated rings. The van der Waals surface area contributed by atoms with Crippen LogP contribution in [-0.2, 0) is 8.85 Å². The number of halogens is 2. The summed E-state index contributed by atoms with van der Waals surface area (Å²) in [6.45, 7) is 9.42. The molecule has 0 atom stereocenters. The minimum Gasteiger partial charge on any atom is -0.369 e. The second-order valence-electron chi connectivity index (χ2n) is 3.84. The predicted molar refractivity (Wildman–Crippen MR) is 54.5 cm³/mol. The third-order valence-electron chi connectivity index (χ3n) is 0.798. The number of hydrogen-bond donors (Lipinski definition) is 0. The van der Waals surface area contributed by atoms with E-state index in [1.807, 2.05) is 34.6 Å². The molecule has 5 heteroatoms. The van der Waals surface area contributed by atoms with E-state index < -0.39 is 7.18 Å². The summed E-state index contributed by atoms with van der Waals surface area (Å²) in [5.41, 5.74) is -0.357. The first kappa shape index (κ1) is 12.7. The van der Waals surface area contributed by atoms with Gasteiger partial charge in [-0.15, -0.1) is 0 Å². The zero-order chi connectivity index (χ0) is 9.99. The van der Waals surface area contributed by atoms with Crippen LogP contribution in [0.25, 0.3) is 0 Å². The van der Waals surface area contributed by atoms with Crippen molar-refractivity contribution in [1.82, 2.24) is 0 Å². The van der Waals surface area contributed by atoms with E-state index in [0.29, 0.717) is 0 Å². The summed E-state index contributed by atoms with van der Waals surface area (Å²) in [6.07, 6.45) is -0.00554. The zero-order valence-corrected chi connectivity index (χ0v) is 10.7. The van der Waals surface area contributed by atoms with Gasteiger partial charge in [0.2, 0.25) is 0 Å². The largest absolute Gasteiger partial charge is 0.552 e. The van der Waals surface area contributed by atoms with Gasteiger partial charge in [-0.05, 0) is 34.6 Å². The van der Waals surface area contributed by atoms with E-state index in [4.69, 9.17) is 31.0 Å². The molecule has 0 aliphatic heterocycles. The SMILES string of the molecule is CC(C)O[Si](Cl)(Cl)OC(C)(C)C. The molecular formula is C7H16Cl2O2Si. The zero-order valence-electron chi connectivity index (χ0n) is 8.15. The molecule has 0 bridgehead atoms. The van der Waals surface area contributed by atoms with Gasteiger partial charge in [-0.3, -0.25) is 0 Å². The molecule has 0 aliphatic rings. The van der Waals surface area contributed by atoms with E-state index in [2.05, 4.69) is 0 Å². The van der Waals surface area contributed by atoms with Crippen LogP contribution in [0, 0.1) is 0 Å². The van der Waals surface area contributed by atoms with E-state index >= 15 is 0 Å². The van der Waals surface area contributed by atoms with E-state index in [1.54, 1.807) is 0 Å². The smallest absolute Gasteiger partial charge is 0.369 e. The molecule has 0 aromatic rings. The molecule has 74 valence electrons. The van der Waals surface area contributed by atoms with Crippen molar-refractivity contribution >= 4 is 29.3 Å². The fourth-order valence-electron chi connectivity index (χ4n) is 0.655. The Morgan fingerprint density at radius 2 is 1.58 bits per heavy atom. The Bertz CT molecular complexity index is 143. The highest BCUT2D eigenvalue weighted by Crippen LogP contribution is 2.26. The summed E-state index contributed by atoms with van der Waals surface area (Å²) < 4.78 is 10.6. The molecule has 2 nitrogen and oxygen atoms in total. The van der Waals surface area contributed by atoms with Crippen LogP contribution >= 0.6 is 22.2 Å². The summed E-state index contributed by atoms with van der Waals surface area (Å²) in [6, 6.07) is 0. The van der Waals surface area contributed by atoms with Gasteiger partial charge in [-0.2, -0.15) is 0 Å². The Morgan fingerprint density at radius 1 is 1.17 bits per heavy atom. The second-order valence-corrected chi connectivity index (χ2v) is 8.78. The van der Waals surface area contributed by atoms with Crippen LogP contribution in [0.3, 0.4) is 0 Å². The van der Waals surface area contributed by atoms with E-state index in [1.165, 1.54) is 0 Å². The van der Waals surface area contributed by atoms with Crippen LogP contribution in [0.15, 0.2) is 0 Å². The van der Waals surface area contributed by atoms with Gasteiger partial charge in [-0.25, -0.2) is 0 Å². The molecule has 0 saturated carbocycles. The number of hydrogen-bond acceptors (Lipinski definition) is 2. The minimum absolute atomic E-state index is 0.00554. The van der Waals surface area contributed by atoms with Crippen molar-refractivity contribution in [2.45, 2.75) is 46.3 Å². The lowest BCUT2D eigenvalue weighted by Crippen LogP contribution is -2.39. The summed E-state index contributed by atoms with van der Waals surface area (Å²) >= 11 is 11.8. The van der Waals surface area contributed by atoms with E-state index in [-0.39, 0.29) is 11.7 Å². The molecule has 0 heterocycles. The molecule has 0 radical (unpaired) electrons. The quantitative estimate of drug-likeness (QED) is 0.548. The molecule has 12 heavy (non-hydrogen) atoms. The van der Waals surface area contributed by atoms with Crippen LogP contribution in [0.2, 0.25) is 0 Å². The van der Waals surface area contributed by atoms with Crippen LogP contribution in [0.1, 0.15) is 34.6 Å². The summed E-state index contributed by atoms with van der Waals surface area (Å²) in [7, 11) is -2.96. The van der Waals surface area contributed by atoms with Crippen molar-refractivity contribution in [2.75, 3.05) is 0 Å². The standard InChI is InChI=1S/C7H16Cl2O2Si/c1-6(2)10-12(8,9)11-7(3,4)5/h6H,1-5H3. The fraction of sp³-hybridized carbons (Fsp3) is 1.00. The van der Waals surface area contributed by atoms with Crippen molar-refractivity contribution in [2.24, 2.45) is 0 Å². The molecule has 0 saturated heterocycles. The maximum Gasteiger partial charge on any atom is 0.552 e. The van der Waals surface area contributed by atoms with Crippen molar-refractivity contribution in [1.29, 1.82) is 0 Å². The maximum atomic E-state index is 5.88. The van der Waals surface area contributed by atoms with Gasteiger partial charge >= 0.3 is 7.18 Å². The van der Waals surface area contributed by atoms with Gasteiger partial charge in [0, 0.05) is 6.10 Å². The lowest BCUT2D eigenvalue weighted by atomic mass is 10.2. The normalized spacial score (nSPS) is 14.0. The summed E-state index contributed by atoms with van der Waals surface area (Å²) in [5, 5.41) is 0. The molecule has 0 aromatic heterocycles. The lowest BCUT2D eigenvalue weighted by molar-refractivity contribution is 0.0733. The second kappa shape index (κ2) is 4.29. The molecule has 0 N–H and O–H groups in total. The van der Waals surface area contributed by atoms with Crippen LogP contribution in [0.4, 0.5) is 0 Å². The molecule has 0 rings (SSSR count). The van der Waals surface area contributed by atoms with Crippen LogP contribution < -0.4 is 0 Å². The fourth-order valence-corrected chi connectivity index (χ4v) is 4.42. The first-order valence-electron chi connectivity index (χ1n) is 3.88. The highest BCUT2D eigenvalue weighted by molar-refractivity contribution is 7.39. The molecule has 0 amide bonds. The van der Waals surface area contributed by atoms with Crippen molar-refractivity contribution in [3.05, 3.63) is 0 Å². The average molecular weight is 231 g/mol. The first-order chi connectivity index (χ1) is 5.12. The molecule has 0 aliphatic carbocycles. The van der Waals surface area contributed by atoms with Crippen molar-refractivity contribution in [3.8, 4) is 0 Å². The van der Waals surface area contributed by atoms with Crippen LogP contribution in [0.5, 0.6) is 0 Å². The van der Waals surface area contributed by atoms with E-state index in [0.717, 1.165) is 0 Å². The first-order valence-corrected chi connectivity index (χ1v) is 7.72. The predicted octanol–water partition coefficient (Wildman–Crippen LogP) is 3.14. The Kier molecular flexibility index (Phi) is 4.54. The summed E-state index contributed by atoms with van der Waals surface area (Å²) in [5.74, 6) is 0. The van der Waals surface area contributed by atoms with Gasteiger partial charge in [0.15, 0.2) is 0 Å². The molecular weight excluding hydrogens is 215 g/mol. The van der Waals surface area contributed by atoms with Crippen LogP contribution in [-0.4, -0.2) is 18.9 Å². The molecule has 0 aromatic carbocycles. The van der Waals surface area contributed by atoms with Gasteiger partial charge in [-0.1, -0.05) is 22.2 Å². The van der Waals surface area contributed by atoms with E-state index in [9.17, 15) is 0 Å². The highest BCUT2D eigenvalue weighted by Gasteiger charge is 2.39. The Hall–Kier alpha value is 0.717. The minimum atomic E-state index is -2.96. The Balaban J connectivity index is 4.04. The lowest BCUT2D eigenvalue weighted by Gasteiger charge is -2.28. The van der Waals surface area contributed by atoms with Crippen molar-refractivity contribution in [3.63, 3.8) is 0 Å². The molecule has 0 unspecified atom stereocenters. The van der Waals surface area contributed by atoms with Gasteiger partial charge in [0.05, 0.1) is 5.60 Å². The third-order valence-corrected chi connectivity index (χ3v) is 3.39. The Labute approximate surface area is 84.8 Å². The Morgan fingerprint density at radius 3 is 1.83 bits per heavy atom. The topological polar surface area (TPSA) is 18.5 Å². The van der Waals surface area contributed by atoms with Gasteiger partial charge in [0.25, 0.3) is 0 Å². The molecule has 0 spiro atoms. The average Bonchev–Trinajstić information content (AvgIpc) is 1.48. The third kappa shape index (κ3) is 7.37. The van der Waals surface area contributed by atoms with Gasteiger partial charge < -0.3 is 8.85 Å². The monoisotopic (exact) mass is 230 g/mol. The highest BCUT2D eigenvalue weighted by atomic mass is 35.7. The van der Waals surface area contributed by atoms with Gasteiger partial charge in [0.1, 0.15) is 0 Å². The number of rotatable bonds is 3. The maximum absolute atomic E-state index is 5.88. The van der Waals surface area contributed by atoms with Crippen molar-refractivity contribution < 1.29 is 8.85 Å².